The third-order valence-corrected chi connectivity index (χ3v) is 16.4. The first-order chi connectivity index (χ1) is 26.5. The van der Waals surface area contributed by atoms with Gasteiger partial charge in [-0.1, -0.05) is 0 Å². The van der Waals surface area contributed by atoms with Crippen LogP contribution < -0.4 is 17.0 Å². The number of esters is 1. The van der Waals surface area contributed by atoms with Gasteiger partial charge in [0.2, 0.25) is 5.95 Å². The fourth-order valence-corrected chi connectivity index (χ4v) is 13.2. The molecule has 3 unspecified atom stereocenters. The Morgan fingerprint density at radius 3 is 2.61 bits per heavy atom. The third-order valence-electron chi connectivity index (χ3n) is 10.7. The Hall–Kier alpha value is -3.50. The molecule has 4 aromatic rings. The van der Waals surface area contributed by atoms with Gasteiger partial charge in [-0.05, 0) is 40.0 Å². The number of aromatic nitrogens is 8. The Balaban J connectivity index is 1.22. The summed E-state index contributed by atoms with van der Waals surface area (Å²) in [5.41, 5.74) is 8.81. The average Bonchev–Trinajstić information content (AvgIpc) is 3.47. The van der Waals surface area contributed by atoms with Crippen molar-refractivity contribution in [3.63, 3.8) is 0 Å². The van der Waals surface area contributed by atoms with Crippen molar-refractivity contribution in [3.05, 3.63) is 29.3 Å². The molecule has 2 saturated heterocycles. The Labute approximate surface area is 322 Å². The molecule has 0 radical (unpaired) electrons. The predicted octanol–water partition coefficient (Wildman–Crippen LogP) is 2.38. The Morgan fingerprint density at radius 1 is 1.12 bits per heavy atom. The van der Waals surface area contributed by atoms with Crippen LogP contribution in [0.4, 0.5) is 11.8 Å². The number of hydrogen-bond acceptors (Lipinski definition) is 20. The molecule has 8 rings (SSSR count). The summed E-state index contributed by atoms with van der Waals surface area (Å²) >= 11 is 0.619. The van der Waals surface area contributed by atoms with Gasteiger partial charge in [-0.3, -0.25) is 32.8 Å². The molecule has 4 aliphatic rings. The highest BCUT2D eigenvalue weighted by Crippen LogP contribution is 2.75. The first kappa shape index (κ1) is 39.3. The van der Waals surface area contributed by atoms with Crippen molar-refractivity contribution < 1.29 is 51.3 Å². The second-order valence-corrected chi connectivity index (χ2v) is 21.2. The highest BCUT2D eigenvalue weighted by Gasteiger charge is 2.74. The monoisotopic (exact) mass is 840 g/mol. The molecule has 25 heteroatoms. The SMILES string of the molecule is CCOP1(=O)OCC23C[C@@H]2[C@@H](n2cnc4c(N)ncnc42)[C@H](O)[C@@H]3OP(=O)(SCOC(=O)C(C)(C)C)OC[C@H]2O[C@@H](n3cnc4c(=O)[nH]c(N)nc43)[C@H]1[C@@H]2OC. The van der Waals surface area contributed by atoms with Gasteiger partial charge in [0.25, 0.3) is 5.56 Å². The number of aliphatic hydroxyl groups excluding tert-OH is 1. The lowest BCUT2D eigenvalue weighted by Gasteiger charge is -2.35. The molecule has 4 aromatic heterocycles. The van der Waals surface area contributed by atoms with E-state index in [0.29, 0.717) is 29.0 Å². The van der Waals surface area contributed by atoms with Crippen LogP contribution in [0.1, 0.15) is 46.4 Å². The molecule has 2 saturated carbocycles. The van der Waals surface area contributed by atoms with E-state index in [0.717, 1.165) is 0 Å². The largest absolute Gasteiger partial charge is 0.454 e. The lowest BCUT2D eigenvalue weighted by molar-refractivity contribution is -0.150. The van der Waals surface area contributed by atoms with Crippen LogP contribution in [0.3, 0.4) is 0 Å². The zero-order valence-corrected chi connectivity index (χ0v) is 33.5. The predicted molar refractivity (Wildman–Crippen MR) is 198 cm³/mol. The van der Waals surface area contributed by atoms with Crippen LogP contribution in [0, 0.1) is 16.7 Å². The third kappa shape index (κ3) is 6.45. The highest BCUT2D eigenvalue weighted by atomic mass is 32.7. The molecule has 22 nitrogen and oxygen atoms in total. The molecule has 2 aliphatic heterocycles. The highest BCUT2D eigenvalue weighted by molar-refractivity contribution is 8.55. The summed E-state index contributed by atoms with van der Waals surface area (Å²) in [7, 11) is -2.94. The first-order valence-corrected chi connectivity index (χ1v) is 22.4. The number of hydrogen-bond donors (Lipinski definition) is 4. The average molecular weight is 841 g/mol. The number of ether oxygens (including phenoxy) is 3. The topological polar surface area (TPSA) is 295 Å². The molecular weight excluding hydrogens is 798 g/mol. The van der Waals surface area contributed by atoms with Crippen molar-refractivity contribution in [1.29, 1.82) is 0 Å². The summed E-state index contributed by atoms with van der Waals surface area (Å²) in [6.07, 6.45) is -1.62. The van der Waals surface area contributed by atoms with Gasteiger partial charge in [-0.25, -0.2) is 24.5 Å². The number of carbonyl (C=O) groups is 1. The summed E-state index contributed by atoms with van der Waals surface area (Å²) in [5, 5.41) is 12.1. The second-order valence-electron chi connectivity index (χ2n) is 15.1. The van der Waals surface area contributed by atoms with E-state index >= 15 is 4.57 Å². The number of nitrogens with one attached hydrogen (secondary N) is 1. The zero-order chi connectivity index (χ0) is 39.9. The van der Waals surface area contributed by atoms with Crippen molar-refractivity contribution in [2.45, 2.75) is 76.5 Å². The van der Waals surface area contributed by atoms with E-state index in [4.69, 9.17) is 43.8 Å². The van der Waals surface area contributed by atoms with Gasteiger partial charge in [-0.2, -0.15) is 4.98 Å². The van der Waals surface area contributed by atoms with Crippen molar-refractivity contribution in [2.75, 3.05) is 44.3 Å². The number of nitrogens with zero attached hydrogens (tertiary/aromatic N) is 7. The van der Waals surface area contributed by atoms with Crippen LogP contribution in [0.25, 0.3) is 22.3 Å². The first-order valence-electron chi connectivity index (χ1n) is 17.7. The molecular formula is C31H42N10O12P2S. The van der Waals surface area contributed by atoms with Gasteiger partial charge in [-0.15, -0.1) is 0 Å². The van der Waals surface area contributed by atoms with Gasteiger partial charge in [0.1, 0.15) is 47.9 Å². The minimum Gasteiger partial charge on any atom is -0.454 e. The molecule has 56 heavy (non-hydrogen) atoms. The molecule has 1 spiro atoms. The quantitative estimate of drug-likeness (QED) is 0.112. The Bertz CT molecular complexity index is 2340. The number of nitrogens with two attached hydrogens (primary N) is 2. The smallest absolute Gasteiger partial charge is 0.392 e. The van der Waals surface area contributed by atoms with Crippen LogP contribution in [-0.4, -0.2) is 113 Å². The van der Waals surface area contributed by atoms with Crippen molar-refractivity contribution in [2.24, 2.45) is 16.7 Å². The number of carbonyl (C=O) groups excluding carboxylic acids is 1. The number of H-pyrrole nitrogens is 1. The molecule has 11 atom stereocenters. The molecule has 0 aromatic carbocycles. The van der Waals surface area contributed by atoms with Crippen LogP contribution in [0.2, 0.25) is 0 Å². The van der Waals surface area contributed by atoms with Crippen LogP contribution in [0.5, 0.6) is 0 Å². The number of aliphatic hydroxyl groups is 1. The van der Waals surface area contributed by atoms with E-state index in [2.05, 4.69) is 29.9 Å². The van der Waals surface area contributed by atoms with E-state index in [1.807, 2.05) is 0 Å². The zero-order valence-electron chi connectivity index (χ0n) is 30.9. The van der Waals surface area contributed by atoms with Crippen LogP contribution in [0.15, 0.2) is 23.8 Å². The molecule has 2 aliphatic carbocycles. The van der Waals surface area contributed by atoms with E-state index in [1.54, 1.807) is 32.3 Å². The van der Waals surface area contributed by atoms with E-state index in [9.17, 15) is 19.3 Å². The number of rotatable bonds is 8. The summed E-state index contributed by atoms with van der Waals surface area (Å²) in [6, 6.07) is -0.747. The summed E-state index contributed by atoms with van der Waals surface area (Å²) in [5.74, 6) is -1.43. The maximum atomic E-state index is 15.3. The Kier molecular flexibility index (Phi) is 9.91. The molecule has 6 N–H and O–H groups in total. The molecule has 0 amide bonds. The Morgan fingerprint density at radius 2 is 1.88 bits per heavy atom. The lowest BCUT2D eigenvalue weighted by Crippen LogP contribution is -2.40. The van der Waals surface area contributed by atoms with E-state index in [-0.39, 0.29) is 36.1 Å². The normalized spacial score (nSPS) is 35.8. The summed E-state index contributed by atoms with van der Waals surface area (Å²) < 4.78 is 76.1. The number of imidazole rings is 2. The van der Waals surface area contributed by atoms with Crippen molar-refractivity contribution in [3.8, 4) is 0 Å². The molecule has 4 fully saturated rings. The number of anilines is 2. The number of aromatic amines is 1. The fraction of sp³-hybridized carbons (Fsp3) is 0.645. The maximum Gasteiger partial charge on any atom is 0.392 e. The fourth-order valence-electron chi connectivity index (χ4n) is 7.96. The van der Waals surface area contributed by atoms with Gasteiger partial charge >= 0.3 is 20.4 Å². The van der Waals surface area contributed by atoms with Gasteiger partial charge in [0.15, 0.2) is 28.9 Å². The number of methoxy groups -OCH3 is 1. The van der Waals surface area contributed by atoms with Gasteiger partial charge < -0.3 is 44.4 Å². The van der Waals surface area contributed by atoms with Crippen molar-refractivity contribution in [1.82, 2.24) is 39.0 Å². The van der Waals surface area contributed by atoms with E-state index in [1.165, 1.54) is 30.7 Å². The standard InChI is InChI=1S/C31H42N10O12P2S/c1-6-49-54(45)21-20(47-5)15(52-27(21)41-12-37-17-25(41)38-29(33)39-26(17)43)8-50-55(46,56-13-48-28(44)30(2,3)4)53-22-19(42)18(14-7-31(14,22)9-51-54)40-11-36-16-23(32)34-10-35-24(16)40/h10-12,14-15,18-22,27,42H,6-9,13H2,1-5H3,(H2,32,34,35)(H3,33,38,39,43)/t14-,15-,18-,19+,20-,21-,22+,27-,31?,54?,55?/m1/s1. The van der Waals surface area contributed by atoms with E-state index < -0.39 is 97.6 Å². The van der Waals surface area contributed by atoms with Gasteiger partial charge in [0.05, 0.1) is 43.9 Å². The molecule has 304 valence electrons. The van der Waals surface area contributed by atoms with Crippen LogP contribution in [-0.2, 0) is 46.2 Å². The maximum absolute atomic E-state index is 15.3. The van der Waals surface area contributed by atoms with Crippen LogP contribution >= 0.6 is 25.8 Å². The summed E-state index contributed by atoms with van der Waals surface area (Å²) in [4.78, 5) is 49.1. The minimum absolute atomic E-state index is 0.0231. The van der Waals surface area contributed by atoms with Crippen molar-refractivity contribution >= 4 is 65.8 Å². The number of fused-ring (bicyclic) bond motifs is 4. The molecule has 6 heterocycles. The minimum atomic E-state index is -4.38. The lowest BCUT2D eigenvalue weighted by atomic mass is 9.98. The molecule has 2 bridgehead atoms. The number of nitrogen functional groups attached to an aromatic ring is 2. The van der Waals surface area contributed by atoms with Gasteiger partial charge in [0, 0.05) is 23.9 Å². The summed E-state index contributed by atoms with van der Waals surface area (Å²) in [6.45, 7) is 1.48. The second kappa shape index (κ2) is 14.1.